The number of unbranched alkanes of at least 4 members (excludes halogenated alkanes) is 2. The van der Waals surface area contributed by atoms with Crippen molar-refractivity contribution < 1.29 is 14.3 Å². The molecule has 0 radical (unpaired) electrons. The van der Waals surface area contributed by atoms with E-state index in [-0.39, 0.29) is 6.61 Å². The van der Waals surface area contributed by atoms with E-state index in [0.29, 0.717) is 6.42 Å². The summed E-state index contributed by atoms with van der Waals surface area (Å²) in [7, 11) is 0. The number of allylic oxidation sites excluding steroid dienone is 1. The Labute approximate surface area is 124 Å². The Bertz CT molecular complexity index is 583. The lowest BCUT2D eigenvalue weighted by atomic mass is 10.1. The summed E-state index contributed by atoms with van der Waals surface area (Å²) in [5.74, 6) is 4.80. The third-order valence-electron chi connectivity index (χ3n) is 3.18. The van der Waals surface area contributed by atoms with Crippen molar-refractivity contribution in [2.24, 2.45) is 0 Å². The lowest BCUT2D eigenvalue weighted by Crippen LogP contribution is -2.33. The summed E-state index contributed by atoms with van der Waals surface area (Å²) in [6.45, 7) is 3.80. The summed E-state index contributed by atoms with van der Waals surface area (Å²) in [5.41, 5.74) is 0.866. The van der Waals surface area contributed by atoms with E-state index in [1.807, 2.05) is 36.4 Å². The largest absolute Gasteiger partial charge is 0.446 e. The first-order valence-corrected chi connectivity index (χ1v) is 6.88. The van der Waals surface area contributed by atoms with E-state index in [1.54, 1.807) is 0 Å². The molecule has 1 aliphatic heterocycles. The van der Waals surface area contributed by atoms with Gasteiger partial charge in [0.15, 0.2) is 0 Å². The SMILES string of the molecule is C=CCCCC#CC(=O)N1C(=O)OC[C@@H]1c1ccccc1. The highest BCUT2D eigenvalue weighted by molar-refractivity contribution is 6.03. The van der Waals surface area contributed by atoms with E-state index in [1.165, 1.54) is 0 Å². The maximum absolute atomic E-state index is 12.1. The summed E-state index contributed by atoms with van der Waals surface area (Å²) in [6, 6.07) is 8.94. The maximum atomic E-state index is 12.1. The first kappa shape index (κ1) is 14.9. The number of carbonyl (C=O) groups is 2. The lowest BCUT2D eigenvalue weighted by molar-refractivity contribution is -0.123. The van der Waals surface area contributed by atoms with Gasteiger partial charge in [0.05, 0.1) is 0 Å². The Morgan fingerprint density at radius 1 is 1.43 bits per heavy atom. The van der Waals surface area contributed by atoms with Crippen molar-refractivity contribution in [3.8, 4) is 11.8 Å². The highest BCUT2D eigenvalue weighted by Crippen LogP contribution is 2.27. The van der Waals surface area contributed by atoms with Gasteiger partial charge in [0, 0.05) is 6.42 Å². The van der Waals surface area contributed by atoms with E-state index in [4.69, 9.17) is 4.74 Å². The number of rotatable bonds is 4. The first-order valence-electron chi connectivity index (χ1n) is 6.88. The molecule has 108 valence electrons. The van der Waals surface area contributed by atoms with Crippen LogP contribution < -0.4 is 0 Å². The van der Waals surface area contributed by atoms with Crippen molar-refractivity contribution in [1.29, 1.82) is 0 Å². The number of hydrogen-bond donors (Lipinski definition) is 0. The second-order valence-corrected chi connectivity index (χ2v) is 4.66. The summed E-state index contributed by atoms with van der Waals surface area (Å²) in [6.07, 6.45) is 3.51. The van der Waals surface area contributed by atoms with Crippen molar-refractivity contribution in [3.05, 3.63) is 48.6 Å². The van der Waals surface area contributed by atoms with Crippen LogP contribution in [-0.2, 0) is 9.53 Å². The van der Waals surface area contributed by atoms with Crippen molar-refractivity contribution in [2.75, 3.05) is 6.61 Å². The third-order valence-corrected chi connectivity index (χ3v) is 3.18. The van der Waals surface area contributed by atoms with Crippen LogP contribution in [0.1, 0.15) is 30.9 Å². The average Bonchev–Trinajstić information content (AvgIpc) is 2.89. The molecule has 1 fully saturated rings. The van der Waals surface area contributed by atoms with Gasteiger partial charge in [-0.15, -0.1) is 6.58 Å². The van der Waals surface area contributed by atoms with Gasteiger partial charge in [-0.1, -0.05) is 42.3 Å². The van der Waals surface area contributed by atoms with Crippen LogP contribution in [0.4, 0.5) is 4.79 Å². The second-order valence-electron chi connectivity index (χ2n) is 4.66. The van der Waals surface area contributed by atoms with E-state index in [2.05, 4.69) is 18.4 Å². The number of imide groups is 1. The quantitative estimate of drug-likeness (QED) is 0.484. The number of cyclic esters (lactones) is 1. The van der Waals surface area contributed by atoms with E-state index >= 15 is 0 Å². The molecule has 0 N–H and O–H groups in total. The van der Waals surface area contributed by atoms with Crippen LogP contribution in [0.25, 0.3) is 0 Å². The zero-order valence-electron chi connectivity index (χ0n) is 11.7. The number of benzene rings is 1. The van der Waals surface area contributed by atoms with Gasteiger partial charge in [-0.05, 0) is 24.3 Å². The number of nitrogens with zero attached hydrogens (tertiary/aromatic N) is 1. The number of ether oxygens (including phenoxy) is 1. The second kappa shape index (κ2) is 7.30. The molecule has 0 bridgehead atoms. The molecule has 1 aromatic carbocycles. The summed E-state index contributed by atoms with van der Waals surface area (Å²) in [5, 5.41) is 0. The average molecular weight is 283 g/mol. The molecular weight excluding hydrogens is 266 g/mol. The zero-order valence-corrected chi connectivity index (χ0v) is 11.7. The van der Waals surface area contributed by atoms with E-state index in [9.17, 15) is 9.59 Å². The highest BCUT2D eigenvalue weighted by atomic mass is 16.6. The molecule has 0 spiro atoms. The van der Waals surface area contributed by atoms with Crippen LogP contribution in [0.15, 0.2) is 43.0 Å². The number of carbonyl (C=O) groups excluding carboxylic acids is 2. The predicted octanol–water partition coefficient (Wildman–Crippen LogP) is 3.07. The lowest BCUT2D eigenvalue weighted by Gasteiger charge is -2.17. The fraction of sp³-hybridized carbons (Fsp3) is 0.294. The fourth-order valence-electron chi connectivity index (χ4n) is 2.10. The van der Waals surface area contributed by atoms with Crippen molar-refractivity contribution in [2.45, 2.75) is 25.3 Å². The molecular formula is C17H17NO3. The Kier molecular flexibility index (Phi) is 5.16. The number of hydrogen-bond acceptors (Lipinski definition) is 3. The first-order chi connectivity index (χ1) is 10.2. The molecule has 2 rings (SSSR count). The maximum Gasteiger partial charge on any atom is 0.418 e. The summed E-state index contributed by atoms with van der Waals surface area (Å²) >= 11 is 0. The monoisotopic (exact) mass is 283 g/mol. The minimum atomic E-state index is -0.630. The smallest absolute Gasteiger partial charge is 0.418 e. The van der Waals surface area contributed by atoms with Crippen LogP contribution in [0.2, 0.25) is 0 Å². The van der Waals surface area contributed by atoms with Crippen LogP contribution in [0.5, 0.6) is 0 Å². The molecule has 0 saturated carbocycles. The standard InChI is InChI=1S/C17H17NO3/c1-2-3-4-5-9-12-16(19)18-15(13-21-17(18)20)14-10-7-6-8-11-14/h2,6-8,10-11,15H,1,3-5,13H2/t15-/m1/s1. The van der Waals surface area contributed by atoms with E-state index in [0.717, 1.165) is 23.3 Å². The molecule has 0 unspecified atom stereocenters. The van der Waals surface area contributed by atoms with Crippen LogP contribution in [0.3, 0.4) is 0 Å². The highest BCUT2D eigenvalue weighted by Gasteiger charge is 2.38. The Balaban J connectivity index is 2.06. The molecule has 1 saturated heterocycles. The summed E-state index contributed by atoms with van der Waals surface area (Å²) < 4.78 is 4.98. The van der Waals surface area contributed by atoms with E-state index < -0.39 is 18.0 Å². The van der Waals surface area contributed by atoms with Gasteiger partial charge < -0.3 is 4.74 Å². The van der Waals surface area contributed by atoms with Crippen LogP contribution in [0, 0.1) is 11.8 Å². The molecule has 1 atom stereocenters. The van der Waals surface area contributed by atoms with Gasteiger partial charge in [0.25, 0.3) is 0 Å². The Morgan fingerprint density at radius 3 is 2.90 bits per heavy atom. The molecule has 21 heavy (non-hydrogen) atoms. The van der Waals surface area contributed by atoms with Crippen molar-refractivity contribution in [3.63, 3.8) is 0 Å². The van der Waals surface area contributed by atoms with Gasteiger partial charge in [-0.25, -0.2) is 9.69 Å². The van der Waals surface area contributed by atoms with Gasteiger partial charge >= 0.3 is 12.0 Å². The topological polar surface area (TPSA) is 46.6 Å². The van der Waals surface area contributed by atoms with Crippen LogP contribution in [-0.4, -0.2) is 23.5 Å². The fourth-order valence-corrected chi connectivity index (χ4v) is 2.10. The minimum absolute atomic E-state index is 0.173. The molecule has 1 aliphatic rings. The van der Waals surface area contributed by atoms with Gasteiger partial charge in [0.1, 0.15) is 12.6 Å². The zero-order chi connectivity index (χ0) is 15.1. The molecule has 0 aromatic heterocycles. The van der Waals surface area contributed by atoms with Gasteiger partial charge in [0.2, 0.25) is 0 Å². The van der Waals surface area contributed by atoms with Crippen molar-refractivity contribution in [1.82, 2.24) is 4.90 Å². The summed E-state index contributed by atoms with van der Waals surface area (Å²) in [4.78, 5) is 24.9. The van der Waals surface area contributed by atoms with Gasteiger partial charge in [-0.2, -0.15) is 0 Å². The van der Waals surface area contributed by atoms with Crippen molar-refractivity contribution >= 4 is 12.0 Å². The molecule has 2 amide bonds. The van der Waals surface area contributed by atoms with Gasteiger partial charge in [-0.3, -0.25) is 4.79 Å². The number of amides is 2. The molecule has 4 nitrogen and oxygen atoms in total. The Hall–Kier alpha value is -2.54. The molecule has 4 heteroatoms. The Morgan fingerprint density at radius 2 is 2.19 bits per heavy atom. The third kappa shape index (κ3) is 3.73. The molecule has 0 aliphatic carbocycles. The normalized spacial score (nSPS) is 16.9. The predicted molar refractivity (Wildman–Crippen MR) is 79.2 cm³/mol. The minimum Gasteiger partial charge on any atom is -0.446 e. The van der Waals surface area contributed by atoms with Crippen LogP contribution >= 0.6 is 0 Å². The molecule has 1 aromatic rings. The molecule has 1 heterocycles.